The second-order valence-electron chi connectivity index (χ2n) is 6.38. The van der Waals surface area contributed by atoms with Crippen molar-refractivity contribution in [1.82, 2.24) is 9.97 Å². The third-order valence-corrected chi connectivity index (χ3v) is 6.88. The predicted molar refractivity (Wildman–Crippen MR) is 115 cm³/mol. The van der Waals surface area contributed by atoms with Gasteiger partial charge in [0.15, 0.2) is 0 Å². The minimum absolute atomic E-state index is 0.114. The van der Waals surface area contributed by atoms with Crippen molar-refractivity contribution in [3.05, 3.63) is 55.4 Å². The van der Waals surface area contributed by atoms with Crippen molar-refractivity contribution < 1.29 is 4.79 Å². The summed E-state index contributed by atoms with van der Waals surface area (Å²) in [5.41, 5.74) is 2.51. The number of H-pyrrole nitrogens is 1. The fraction of sp³-hybridized carbons (Fsp3) is 0.316. The summed E-state index contributed by atoms with van der Waals surface area (Å²) in [6.07, 6.45) is 0. The Labute approximate surface area is 170 Å². The number of halogens is 1. The summed E-state index contributed by atoms with van der Waals surface area (Å²) >= 11 is 8.94. The van der Waals surface area contributed by atoms with Gasteiger partial charge >= 0.3 is 0 Å². The zero-order valence-electron chi connectivity index (χ0n) is 15.5. The monoisotopic (exact) mass is 421 g/mol. The van der Waals surface area contributed by atoms with E-state index in [0.29, 0.717) is 27.7 Å². The normalized spacial score (nSPS) is 12.3. The van der Waals surface area contributed by atoms with Gasteiger partial charge in [0.1, 0.15) is 10.7 Å². The molecule has 0 saturated heterocycles. The van der Waals surface area contributed by atoms with E-state index in [1.807, 2.05) is 33.8 Å². The second-order valence-corrected chi connectivity index (χ2v) is 9.35. The molecule has 1 aromatic carbocycles. The molecule has 0 saturated carbocycles. The van der Waals surface area contributed by atoms with Crippen LogP contribution in [0.4, 0.5) is 5.69 Å². The van der Waals surface area contributed by atoms with Crippen LogP contribution in [0, 0.1) is 20.8 Å². The first kappa shape index (κ1) is 19.9. The van der Waals surface area contributed by atoms with Crippen LogP contribution in [0.2, 0.25) is 5.02 Å². The lowest BCUT2D eigenvalue weighted by molar-refractivity contribution is -0.115. The van der Waals surface area contributed by atoms with Crippen molar-refractivity contribution in [3.63, 3.8) is 0 Å². The number of hydrogen-bond donors (Lipinski definition) is 2. The highest BCUT2D eigenvalue weighted by Gasteiger charge is 2.17. The zero-order chi connectivity index (χ0) is 19.7. The lowest BCUT2D eigenvalue weighted by Crippen LogP contribution is -2.23. The van der Waals surface area contributed by atoms with E-state index in [1.54, 1.807) is 12.1 Å². The van der Waals surface area contributed by atoms with Crippen LogP contribution >= 0.6 is 34.7 Å². The molecule has 2 N–H and O–H groups in total. The van der Waals surface area contributed by atoms with E-state index in [-0.39, 0.29) is 16.7 Å². The van der Waals surface area contributed by atoms with Gasteiger partial charge in [-0.25, -0.2) is 4.98 Å². The van der Waals surface area contributed by atoms with E-state index in [4.69, 9.17) is 11.6 Å². The van der Waals surface area contributed by atoms with Gasteiger partial charge < -0.3 is 10.3 Å². The molecule has 0 fully saturated rings. The number of thiophene rings is 1. The molecule has 3 rings (SSSR count). The van der Waals surface area contributed by atoms with Crippen LogP contribution in [-0.2, 0) is 10.5 Å². The number of thioether (sulfide) groups is 1. The summed E-state index contributed by atoms with van der Waals surface area (Å²) < 4.78 is 0. The van der Waals surface area contributed by atoms with E-state index in [0.717, 1.165) is 20.8 Å². The summed E-state index contributed by atoms with van der Waals surface area (Å²) in [7, 11) is 0. The fourth-order valence-electron chi connectivity index (χ4n) is 2.61. The Bertz CT molecular complexity index is 1070. The number of benzene rings is 1. The molecule has 1 unspecified atom stereocenters. The van der Waals surface area contributed by atoms with Crippen LogP contribution in [-0.4, -0.2) is 21.1 Å². The number of nitrogens with one attached hydrogen (secondary N) is 2. The van der Waals surface area contributed by atoms with Crippen molar-refractivity contribution in [3.8, 4) is 0 Å². The molecule has 142 valence electrons. The molecular formula is C19H20ClN3O2S2. The molecule has 5 nitrogen and oxygen atoms in total. The third kappa shape index (κ3) is 4.36. The highest BCUT2D eigenvalue weighted by Crippen LogP contribution is 2.27. The Kier molecular flexibility index (Phi) is 5.93. The molecule has 0 aliphatic heterocycles. The van der Waals surface area contributed by atoms with Gasteiger partial charge in [0, 0.05) is 15.6 Å². The highest BCUT2D eigenvalue weighted by atomic mass is 35.5. The van der Waals surface area contributed by atoms with Gasteiger partial charge in [0.25, 0.3) is 5.56 Å². The molecule has 2 heterocycles. The Morgan fingerprint density at radius 3 is 2.85 bits per heavy atom. The fourth-order valence-corrected chi connectivity index (χ4v) is 4.59. The number of aromatic amines is 1. The molecule has 3 aromatic rings. The minimum Gasteiger partial charge on any atom is -0.325 e. The quantitative estimate of drug-likeness (QED) is 0.619. The Hall–Kier alpha value is -1.83. The van der Waals surface area contributed by atoms with Crippen LogP contribution in [0.1, 0.15) is 28.8 Å². The number of anilines is 1. The first-order valence-corrected chi connectivity index (χ1v) is 10.7. The molecule has 0 radical (unpaired) electrons. The summed E-state index contributed by atoms with van der Waals surface area (Å²) in [5.74, 6) is 0.915. The lowest BCUT2D eigenvalue weighted by atomic mass is 10.2. The molecule has 0 aliphatic rings. The number of aromatic nitrogens is 2. The maximum Gasteiger partial charge on any atom is 0.259 e. The first-order chi connectivity index (χ1) is 12.8. The highest BCUT2D eigenvalue weighted by molar-refractivity contribution is 7.99. The van der Waals surface area contributed by atoms with Crippen LogP contribution in [0.3, 0.4) is 0 Å². The van der Waals surface area contributed by atoms with Crippen molar-refractivity contribution in [2.45, 2.75) is 38.7 Å². The average Bonchev–Trinajstić information content (AvgIpc) is 2.90. The number of hydrogen-bond acceptors (Lipinski definition) is 5. The van der Waals surface area contributed by atoms with Crippen molar-refractivity contribution >= 4 is 56.5 Å². The number of rotatable bonds is 5. The number of amides is 1. The third-order valence-electron chi connectivity index (χ3n) is 4.38. The smallest absolute Gasteiger partial charge is 0.259 e. The van der Waals surface area contributed by atoms with Crippen molar-refractivity contribution in [2.75, 3.05) is 5.32 Å². The van der Waals surface area contributed by atoms with Gasteiger partial charge in [-0.2, -0.15) is 0 Å². The number of carbonyl (C=O) groups excluding carboxylic acids is 1. The lowest BCUT2D eigenvalue weighted by Gasteiger charge is -2.13. The second kappa shape index (κ2) is 8.04. The van der Waals surface area contributed by atoms with Gasteiger partial charge in [-0.05, 0) is 51.0 Å². The van der Waals surface area contributed by atoms with E-state index in [1.165, 1.54) is 23.1 Å². The molecular weight excluding hydrogens is 402 g/mol. The molecule has 0 spiro atoms. The Balaban J connectivity index is 1.69. The van der Waals surface area contributed by atoms with Gasteiger partial charge in [-0.15, -0.1) is 23.1 Å². The van der Waals surface area contributed by atoms with Crippen molar-refractivity contribution in [1.29, 1.82) is 0 Å². The van der Waals surface area contributed by atoms with Gasteiger partial charge in [-0.1, -0.05) is 17.7 Å². The molecule has 8 heteroatoms. The van der Waals surface area contributed by atoms with Crippen LogP contribution in [0.25, 0.3) is 10.2 Å². The van der Waals surface area contributed by atoms with Gasteiger partial charge in [-0.3, -0.25) is 9.59 Å². The number of nitrogens with zero attached hydrogens (tertiary/aromatic N) is 1. The summed E-state index contributed by atoms with van der Waals surface area (Å²) in [6.45, 7) is 7.66. The van der Waals surface area contributed by atoms with E-state index >= 15 is 0 Å². The van der Waals surface area contributed by atoms with Crippen LogP contribution < -0.4 is 10.9 Å². The van der Waals surface area contributed by atoms with Gasteiger partial charge in [0.2, 0.25) is 5.91 Å². The van der Waals surface area contributed by atoms with Crippen molar-refractivity contribution in [2.24, 2.45) is 0 Å². The molecule has 2 aromatic heterocycles. The number of carbonyl (C=O) groups is 1. The SMILES string of the molecule is Cc1ccc(Cl)cc1NC(=O)C(C)SCc1nc2sc(C)c(C)c2c(=O)[nH]1. The topological polar surface area (TPSA) is 74.8 Å². The van der Waals surface area contributed by atoms with E-state index in [2.05, 4.69) is 15.3 Å². The largest absolute Gasteiger partial charge is 0.325 e. The summed E-state index contributed by atoms with van der Waals surface area (Å²) in [6, 6.07) is 5.39. The van der Waals surface area contributed by atoms with Gasteiger partial charge in [0.05, 0.1) is 16.4 Å². The zero-order valence-corrected chi connectivity index (χ0v) is 17.9. The molecule has 1 atom stereocenters. The number of fused-ring (bicyclic) bond motifs is 1. The van der Waals surface area contributed by atoms with E-state index < -0.39 is 0 Å². The number of aryl methyl sites for hydroxylation is 3. The van der Waals surface area contributed by atoms with Crippen LogP contribution in [0.5, 0.6) is 0 Å². The average molecular weight is 422 g/mol. The maximum absolute atomic E-state index is 12.5. The molecule has 1 amide bonds. The Morgan fingerprint density at radius 2 is 2.11 bits per heavy atom. The molecule has 0 bridgehead atoms. The molecule has 0 aliphatic carbocycles. The van der Waals surface area contributed by atoms with E-state index in [9.17, 15) is 9.59 Å². The predicted octanol–water partition coefficient (Wildman–Crippen LogP) is 4.82. The molecule has 27 heavy (non-hydrogen) atoms. The standard InChI is InChI=1S/C19H20ClN3O2S2/c1-9-5-6-13(20)7-14(9)21-17(24)12(4)26-8-15-22-18(25)16-10(2)11(3)27-19(16)23-15/h5-7,12H,8H2,1-4H3,(H,21,24)(H,22,23,25). The first-order valence-electron chi connectivity index (χ1n) is 8.43. The minimum atomic E-state index is -0.309. The summed E-state index contributed by atoms with van der Waals surface area (Å²) in [5, 5.41) is 3.83. The Morgan fingerprint density at radius 1 is 1.37 bits per heavy atom. The van der Waals surface area contributed by atoms with Crippen LogP contribution in [0.15, 0.2) is 23.0 Å². The maximum atomic E-state index is 12.5. The summed E-state index contributed by atoms with van der Waals surface area (Å²) in [4.78, 5) is 34.0.